The van der Waals surface area contributed by atoms with E-state index in [1.165, 1.54) is 0 Å². The summed E-state index contributed by atoms with van der Waals surface area (Å²) in [5, 5.41) is 2.51. The number of carbonyl (C=O) groups is 1. The minimum absolute atomic E-state index is 0.0624. The molecule has 2 N–H and O–H groups in total. The quantitative estimate of drug-likeness (QED) is 0.652. The summed E-state index contributed by atoms with van der Waals surface area (Å²) in [4.78, 5) is 14.8. The second-order valence-corrected chi connectivity index (χ2v) is 9.89. The average molecular weight is 412 g/mol. The maximum Gasteiger partial charge on any atom is 0.241 e. The van der Waals surface area contributed by atoms with Gasteiger partial charge in [-0.15, -0.1) is 0 Å². The number of hydrogen-bond acceptors (Lipinski definition) is 5. The molecule has 7 nitrogen and oxygen atoms in total. The molecule has 1 aliphatic rings. The molecule has 0 aromatic heterocycles. The van der Waals surface area contributed by atoms with Gasteiger partial charge in [0.1, 0.15) is 5.75 Å². The first-order valence-electron chi connectivity index (χ1n) is 9.99. The summed E-state index contributed by atoms with van der Waals surface area (Å²) < 4.78 is 32.1. The van der Waals surface area contributed by atoms with Crippen molar-refractivity contribution in [2.75, 3.05) is 31.6 Å². The van der Waals surface area contributed by atoms with Crippen LogP contribution in [0.4, 0.5) is 5.69 Å². The molecule has 1 aromatic carbocycles. The number of piperidine rings is 1. The number of nitrogens with zero attached hydrogens (tertiary/aromatic N) is 1. The van der Waals surface area contributed by atoms with Crippen LogP contribution in [0, 0.1) is 5.92 Å². The Kier molecular flexibility index (Phi) is 8.27. The van der Waals surface area contributed by atoms with E-state index in [9.17, 15) is 13.2 Å². The number of hydrogen-bond donors (Lipinski definition) is 2. The zero-order chi connectivity index (χ0) is 20.7. The molecule has 0 unspecified atom stereocenters. The molecule has 2 atom stereocenters. The van der Waals surface area contributed by atoms with Gasteiger partial charge in [0.05, 0.1) is 17.9 Å². The Morgan fingerprint density at radius 3 is 2.54 bits per heavy atom. The summed E-state index contributed by atoms with van der Waals surface area (Å²) in [6, 6.07) is 7.05. The SMILES string of the molecule is CCOc1ccc(NC(=O)[C@@H](C)N2CCC[C@@H](CNS(=O)(=O)C(C)C)C2)cc1. The van der Waals surface area contributed by atoms with Crippen LogP contribution in [0.3, 0.4) is 0 Å². The molecule has 1 heterocycles. The van der Waals surface area contributed by atoms with Crippen molar-refractivity contribution in [3.8, 4) is 5.75 Å². The Morgan fingerprint density at radius 2 is 1.93 bits per heavy atom. The molecular formula is C20H33N3O4S. The topological polar surface area (TPSA) is 87.7 Å². The van der Waals surface area contributed by atoms with Crippen molar-refractivity contribution >= 4 is 21.6 Å². The summed E-state index contributed by atoms with van der Waals surface area (Å²) >= 11 is 0. The smallest absolute Gasteiger partial charge is 0.241 e. The van der Waals surface area contributed by atoms with Crippen LogP contribution in [-0.4, -0.2) is 56.8 Å². The van der Waals surface area contributed by atoms with Crippen LogP contribution in [0.5, 0.6) is 5.75 Å². The third kappa shape index (κ3) is 6.46. The van der Waals surface area contributed by atoms with Gasteiger partial charge in [0.15, 0.2) is 0 Å². The van der Waals surface area contributed by atoms with Crippen molar-refractivity contribution in [3.05, 3.63) is 24.3 Å². The fourth-order valence-corrected chi connectivity index (χ4v) is 4.03. The fraction of sp³-hybridized carbons (Fsp3) is 0.650. The third-order valence-corrected chi connectivity index (χ3v) is 6.91. The molecule has 158 valence electrons. The summed E-state index contributed by atoms with van der Waals surface area (Å²) in [6.45, 7) is 9.73. The molecule has 1 aromatic rings. The van der Waals surface area contributed by atoms with Gasteiger partial charge in [-0.2, -0.15) is 0 Å². The maximum atomic E-state index is 12.6. The Bertz CT molecular complexity index is 734. The number of amides is 1. The van der Waals surface area contributed by atoms with Gasteiger partial charge in [0.2, 0.25) is 15.9 Å². The Balaban J connectivity index is 1.88. The molecule has 0 bridgehead atoms. The van der Waals surface area contributed by atoms with Gasteiger partial charge < -0.3 is 10.1 Å². The second kappa shape index (κ2) is 10.2. The van der Waals surface area contributed by atoms with Gasteiger partial charge in [-0.1, -0.05) is 0 Å². The molecular weight excluding hydrogens is 378 g/mol. The van der Waals surface area contributed by atoms with Crippen LogP contribution in [0.15, 0.2) is 24.3 Å². The van der Waals surface area contributed by atoms with Gasteiger partial charge in [-0.3, -0.25) is 9.69 Å². The van der Waals surface area contributed by atoms with E-state index in [1.807, 2.05) is 38.1 Å². The van der Waals surface area contributed by atoms with Gasteiger partial charge >= 0.3 is 0 Å². The van der Waals surface area contributed by atoms with Crippen molar-refractivity contribution in [1.29, 1.82) is 0 Å². The first-order chi connectivity index (χ1) is 13.2. The van der Waals surface area contributed by atoms with Crippen molar-refractivity contribution < 1.29 is 17.9 Å². The van der Waals surface area contributed by atoms with Crippen LogP contribution >= 0.6 is 0 Å². The summed E-state index contributed by atoms with van der Waals surface area (Å²) in [6.07, 6.45) is 1.92. The van der Waals surface area contributed by atoms with Crippen molar-refractivity contribution in [2.45, 2.75) is 51.8 Å². The number of rotatable bonds is 9. The van der Waals surface area contributed by atoms with E-state index in [0.717, 1.165) is 30.8 Å². The third-order valence-electron chi connectivity index (χ3n) is 5.10. The largest absolute Gasteiger partial charge is 0.494 e. The Hall–Kier alpha value is -1.64. The minimum Gasteiger partial charge on any atom is -0.494 e. The number of benzene rings is 1. The molecule has 2 rings (SSSR count). The average Bonchev–Trinajstić information content (AvgIpc) is 2.67. The van der Waals surface area contributed by atoms with Crippen molar-refractivity contribution in [1.82, 2.24) is 9.62 Å². The molecule has 1 fully saturated rings. The van der Waals surface area contributed by atoms with E-state index in [1.54, 1.807) is 13.8 Å². The second-order valence-electron chi connectivity index (χ2n) is 7.57. The number of likely N-dealkylation sites (tertiary alicyclic amines) is 1. The van der Waals surface area contributed by atoms with Gasteiger partial charge in [0.25, 0.3) is 0 Å². The van der Waals surface area contributed by atoms with Crippen molar-refractivity contribution in [3.63, 3.8) is 0 Å². The highest BCUT2D eigenvalue weighted by molar-refractivity contribution is 7.90. The summed E-state index contributed by atoms with van der Waals surface area (Å²) in [5.41, 5.74) is 0.735. The highest BCUT2D eigenvalue weighted by Crippen LogP contribution is 2.20. The van der Waals surface area contributed by atoms with E-state index >= 15 is 0 Å². The summed E-state index contributed by atoms with van der Waals surface area (Å²) in [5.74, 6) is 0.923. The van der Waals surface area contributed by atoms with Crippen LogP contribution in [0.2, 0.25) is 0 Å². The zero-order valence-electron chi connectivity index (χ0n) is 17.3. The monoisotopic (exact) mass is 411 g/mol. The Morgan fingerprint density at radius 1 is 1.25 bits per heavy atom. The lowest BCUT2D eigenvalue weighted by Gasteiger charge is -2.36. The molecule has 0 aliphatic carbocycles. The minimum atomic E-state index is -3.26. The lowest BCUT2D eigenvalue weighted by molar-refractivity contribution is -0.121. The van der Waals surface area contributed by atoms with Crippen LogP contribution in [-0.2, 0) is 14.8 Å². The molecule has 1 amide bonds. The predicted octanol–water partition coefficient (Wildman–Crippen LogP) is 2.45. The molecule has 0 saturated carbocycles. The van der Waals surface area contributed by atoms with Gasteiger partial charge in [0, 0.05) is 18.8 Å². The van der Waals surface area contributed by atoms with Crippen LogP contribution in [0.1, 0.15) is 40.5 Å². The Labute approximate surface area is 168 Å². The van der Waals surface area contributed by atoms with E-state index < -0.39 is 15.3 Å². The number of ether oxygens (including phenoxy) is 1. The number of carbonyl (C=O) groups excluding carboxylic acids is 1. The van der Waals surface area contributed by atoms with E-state index in [-0.39, 0.29) is 17.9 Å². The number of nitrogens with one attached hydrogen (secondary N) is 2. The maximum absolute atomic E-state index is 12.6. The van der Waals surface area contributed by atoms with E-state index in [0.29, 0.717) is 19.7 Å². The summed E-state index contributed by atoms with van der Waals surface area (Å²) in [7, 11) is -3.26. The van der Waals surface area contributed by atoms with Gasteiger partial charge in [-0.05, 0) is 77.3 Å². The highest BCUT2D eigenvalue weighted by Gasteiger charge is 2.28. The normalized spacial score (nSPS) is 19.4. The van der Waals surface area contributed by atoms with Crippen molar-refractivity contribution in [2.24, 2.45) is 5.92 Å². The lowest BCUT2D eigenvalue weighted by atomic mass is 9.97. The molecule has 28 heavy (non-hydrogen) atoms. The number of sulfonamides is 1. The zero-order valence-corrected chi connectivity index (χ0v) is 18.1. The van der Waals surface area contributed by atoms with Gasteiger partial charge in [-0.25, -0.2) is 13.1 Å². The van der Waals surface area contributed by atoms with E-state index in [4.69, 9.17) is 4.74 Å². The lowest BCUT2D eigenvalue weighted by Crippen LogP contribution is -2.49. The molecule has 8 heteroatoms. The first kappa shape index (κ1) is 22.6. The molecule has 0 radical (unpaired) electrons. The predicted molar refractivity (Wildman–Crippen MR) is 112 cm³/mol. The van der Waals surface area contributed by atoms with Crippen LogP contribution < -0.4 is 14.8 Å². The molecule has 0 spiro atoms. The van der Waals surface area contributed by atoms with E-state index in [2.05, 4.69) is 14.9 Å². The highest BCUT2D eigenvalue weighted by atomic mass is 32.2. The number of anilines is 1. The fourth-order valence-electron chi connectivity index (χ4n) is 3.23. The molecule has 1 saturated heterocycles. The first-order valence-corrected chi connectivity index (χ1v) is 11.5. The van der Waals surface area contributed by atoms with Crippen LogP contribution in [0.25, 0.3) is 0 Å². The molecule has 1 aliphatic heterocycles. The standard InChI is InChI=1S/C20H33N3O4S/c1-5-27-19-10-8-18(9-11-19)22-20(24)16(4)23-12-6-7-17(14-23)13-21-28(25,26)15(2)3/h8-11,15-17,21H,5-7,12-14H2,1-4H3,(H,22,24)/t16-,17+/m1/s1.